The lowest BCUT2D eigenvalue weighted by molar-refractivity contribution is -0.360. The van der Waals surface area contributed by atoms with Gasteiger partial charge < -0.3 is 54.3 Å². The lowest BCUT2D eigenvalue weighted by Gasteiger charge is -2.59. The van der Waals surface area contributed by atoms with Crippen molar-refractivity contribution in [1.82, 2.24) is 5.32 Å². The monoisotopic (exact) mass is 721 g/mol. The molecule has 21 atom stereocenters. The van der Waals surface area contributed by atoms with E-state index in [2.05, 4.69) is 39.1 Å². The van der Waals surface area contributed by atoms with Crippen molar-refractivity contribution in [2.75, 3.05) is 13.2 Å². The summed E-state index contributed by atoms with van der Waals surface area (Å²) in [7, 11) is 0. The van der Waals surface area contributed by atoms with Crippen molar-refractivity contribution < 1.29 is 54.3 Å². The zero-order valence-electron chi connectivity index (χ0n) is 31.0. The molecule has 4 aliphatic heterocycles. The van der Waals surface area contributed by atoms with Gasteiger partial charge in [-0.05, 0) is 105 Å². The summed E-state index contributed by atoms with van der Waals surface area (Å²) in [6.45, 7) is 11.9. The van der Waals surface area contributed by atoms with E-state index in [4.69, 9.17) is 23.7 Å². The van der Waals surface area contributed by atoms with Crippen LogP contribution in [0.4, 0.5) is 0 Å². The molecule has 51 heavy (non-hydrogen) atoms. The smallest absolute Gasteiger partial charge is 0.187 e. The second-order valence-corrected chi connectivity index (χ2v) is 18.4. The summed E-state index contributed by atoms with van der Waals surface area (Å²) in [5, 5.41) is 67.0. The molecule has 0 amide bonds. The first-order valence-electron chi connectivity index (χ1n) is 20.0. The van der Waals surface area contributed by atoms with Gasteiger partial charge in [-0.3, -0.25) is 5.32 Å². The highest BCUT2D eigenvalue weighted by Gasteiger charge is 2.68. The van der Waals surface area contributed by atoms with Gasteiger partial charge in [0.25, 0.3) is 0 Å². The predicted molar refractivity (Wildman–Crippen MR) is 184 cm³/mol. The Balaban J connectivity index is 0.915. The molecule has 8 aliphatic rings. The molecule has 0 aromatic heterocycles. The fourth-order valence-corrected chi connectivity index (χ4v) is 12.7. The highest BCUT2D eigenvalue weighted by molar-refractivity contribution is 5.26. The van der Waals surface area contributed by atoms with Crippen LogP contribution in [0.5, 0.6) is 0 Å². The minimum Gasteiger partial charge on any atom is -0.394 e. The van der Waals surface area contributed by atoms with Crippen molar-refractivity contribution in [2.24, 2.45) is 46.3 Å². The molecule has 290 valence electrons. The molecule has 12 nitrogen and oxygen atoms in total. The van der Waals surface area contributed by atoms with Crippen LogP contribution in [0.15, 0.2) is 11.6 Å². The number of aliphatic hydroxyl groups excluding tert-OH is 6. The molecule has 0 bridgehead atoms. The van der Waals surface area contributed by atoms with Crippen LogP contribution in [0.1, 0.15) is 92.4 Å². The number of hydrogen-bond donors (Lipinski definition) is 7. The van der Waals surface area contributed by atoms with Crippen molar-refractivity contribution in [1.29, 1.82) is 0 Å². The van der Waals surface area contributed by atoms with Crippen molar-refractivity contribution in [3.63, 3.8) is 0 Å². The molecule has 3 saturated carbocycles. The standard InChI is InChI=1S/C39H63NO11/c1-18-8-13-39(40-16-18)19(2)28-26(51-39)15-25-23-7-6-21-14-22(9-11-37(21,4)24(23)10-12-38(25,28)5)48-36-33(46)31(44)34(27(17-41)49-36)50-35-32(45)30(43)29(42)20(3)47-35/h6,18-20,22-36,40-46H,7-17H2,1-5H3/t18-,19+,20-,22+,23-,24+,25+,26+,27+,28?,29-,30+,31+,32-,33-,34+,35+,36-,37+,38+,39?/m1/s1. The Kier molecular flexibility index (Phi) is 9.83. The third-order valence-corrected chi connectivity index (χ3v) is 15.8. The van der Waals surface area contributed by atoms with Crippen LogP contribution < -0.4 is 5.32 Å². The lowest BCUT2D eigenvalue weighted by Crippen LogP contribution is -2.64. The van der Waals surface area contributed by atoms with E-state index >= 15 is 0 Å². The fraction of sp³-hybridized carbons (Fsp3) is 0.949. The average molecular weight is 722 g/mol. The SMILES string of the molecule is C[C@@H]1CCC2(NC1)O[C@H]1C[C@H]3[C@@H]4CC=C5C[C@@H](O[C@@H]6O[C@@H](CO)[C@H](O[C@@H]7O[C@H](C)[C@@H](O)[C@H](O)[C@H]7O)[C@@H](O)[C@H]6O)CC[C@]5(C)[C@H]4CC[C@]3(C)C1[C@@H]2C. The largest absolute Gasteiger partial charge is 0.394 e. The Morgan fingerprint density at radius 2 is 1.59 bits per heavy atom. The van der Waals surface area contributed by atoms with Crippen molar-refractivity contribution in [3.05, 3.63) is 11.6 Å². The van der Waals surface area contributed by atoms with E-state index in [1.165, 1.54) is 38.2 Å². The maximum absolute atomic E-state index is 11.1. The first-order valence-corrected chi connectivity index (χ1v) is 20.0. The normalized spacial score (nSPS) is 58.4. The highest BCUT2D eigenvalue weighted by Crippen LogP contribution is 2.70. The molecule has 7 N–H and O–H groups in total. The van der Waals surface area contributed by atoms with Crippen LogP contribution >= 0.6 is 0 Å². The van der Waals surface area contributed by atoms with Crippen molar-refractivity contribution in [2.45, 2.75) is 172 Å². The number of rotatable bonds is 5. The number of nitrogens with one attached hydrogen (secondary N) is 1. The minimum atomic E-state index is -1.60. The highest BCUT2D eigenvalue weighted by atomic mass is 16.7. The number of allylic oxidation sites excluding steroid dienone is 1. The third kappa shape index (κ3) is 5.84. The van der Waals surface area contributed by atoms with Gasteiger partial charge in [0.05, 0.1) is 24.9 Å². The number of piperidine rings is 1. The van der Waals surface area contributed by atoms with E-state index in [-0.39, 0.29) is 17.2 Å². The summed E-state index contributed by atoms with van der Waals surface area (Å²) in [5.74, 6) is 3.74. The molecule has 4 aliphatic carbocycles. The fourth-order valence-electron chi connectivity index (χ4n) is 12.7. The molecule has 4 saturated heterocycles. The predicted octanol–water partition coefficient (Wildman–Crippen LogP) is 1.96. The average Bonchev–Trinajstić information content (AvgIpc) is 3.56. The van der Waals surface area contributed by atoms with E-state index in [9.17, 15) is 30.6 Å². The van der Waals surface area contributed by atoms with Gasteiger partial charge in [0.15, 0.2) is 12.6 Å². The van der Waals surface area contributed by atoms with Gasteiger partial charge in [0.2, 0.25) is 0 Å². The van der Waals surface area contributed by atoms with Gasteiger partial charge in [0.1, 0.15) is 48.5 Å². The quantitative estimate of drug-likeness (QED) is 0.206. The van der Waals surface area contributed by atoms with Gasteiger partial charge in [-0.1, -0.05) is 39.3 Å². The van der Waals surface area contributed by atoms with Crippen LogP contribution in [-0.2, 0) is 23.7 Å². The van der Waals surface area contributed by atoms with Gasteiger partial charge in [0, 0.05) is 12.5 Å². The van der Waals surface area contributed by atoms with Gasteiger partial charge in [-0.25, -0.2) is 0 Å². The third-order valence-electron chi connectivity index (χ3n) is 15.8. The van der Waals surface area contributed by atoms with Gasteiger partial charge in [-0.2, -0.15) is 0 Å². The summed E-state index contributed by atoms with van der Waals surface area (Å²) in [4.78, 5) is 0. The molecule has 0 radical (unpaired) electrons. The van der Waals surface area contributed by atoms with Crippen molar-refractivity contribution >= 4 is 0 Å². The molecule has 8 rings (SSSR count). The molecular formula is C39H63NO11. The first kappa shape index (κ1) is 37.2. The molecule has 0 aromatic rings. The van der Waals surface area contributed by atoms with E-state index in [0.717, 1.165) is 38.6 Å². The lowest BCUT2D eigenvalue weighted by atomic mass is 9.47. The van der Waals surface area contributed by atoms with E-state index < -0.39 is 68.0 Å². The Bertz CT molecular complexity index is 1310. The molecule has 1 spiro atoms. The maximum atomic E-state index is 11.1. The Labute approximate surface area is 302 Å². The summed E-state index contributed by atoms with van der Waals surface area (Å²) in [5.41, 5.74) is 1.66. The Hall–Kier alpha value is -0.740. The summed E-state index contributed by atoms with van der Waals surface area (Å²) < 4.78 is 30.7. The van der Waals surface area contributed by atoms with Crippen LogP contribution in [0.2, 0.25) is 0 Å². The zero-order chi connectivity index (χ0) is 36.2. The van der Waals surface area contributed by atoms with E-state index in [0.29, 0.717) is 47.0 Å². The maximum Gasteiger partial charge on any atom is 0.187 e. The second kappa shape index (κ2) is 13.5. The summed E-state index contributed by atoms with van der Waals surface area (Å²) in [6.07, 6.45) is -1.11. The van der Waals surface area contributed by atoms with E-state index in [1.54, 1.807) is 0 Å². The molecule has 0 aromatic carbocycles. The topological polar surface area (TPSA) is 180 Å². The number of fused-ring (bicyclic) bond motifs is 7. The molecule has 12 heteroatoms. The number of ether oxygens (including phenoxy) is 5. The summed E-state index contributed by atoms with van der Waals surface area (Å²) >= 11 is 0. The van der Waals surface area contributed by atoms with E-state index in [1.807, 2.05) is 0 Å². The Morgan fingerprint density at radius 1 is 0.843 bits per heavy atom. The molecule has 2 unspecified atom stereocenters. The van der Waals surface area contributed by atoms with Crippen LogP contribution in [0.3, 0.4) is 0 Å². The molecule has 4 heterocycles. The number of hydrogen-bond acceptors (Lipinski definition) is 12. The zero-order valence-corrected chi connectivity index (χ0v) is 31.0. The Morgan fingerprint density at radius 3 is 2.31 bits per heavy atom. The van der Waals surface area contributed by atoms with Gasteiger partial charge >= 0.3 is 0 Å². The van der Waals surface area contributed by atoms with Crippen LogP contribution in [0.25, 0.3) is 0 Å². The molecular weight excluding hydrogens is 658 g/mol. The molecule has 7 fully saturated rings. The summed E-state index contributed by atoms with van der Waals surface area (Å²) in [6, 6.07) is 0. The van der Waals surface area contributed by atoms with Crippen LogP contribution in [0, 0.1) is 46.3 Å². The van der Waals surface area contributed by atoms with Gasteiger partial charge in [-0.15, -0.1) is 0 Å². The van der Waals surface area contributed by atoms with Crippen molar-refractivity contribution in [3.8, 4) is 0 Å². The minimum absolute atomic E-state index is 0.0881. The van der Waals surface area contributed by atoms with Crippen LogP contribution in [-0.4, -0.2) is 123 Å². The number of aliphatic hydroxyl groups is 6. The first-order chi connectivity index (χ1) is 24.2. The second-order valence-electron chi connectivity index (χ2n) is 18.4.